The summed E-state index contributed by atoms with van der Waals surface area (Å²) in [7, 11) is 0. The largest absolute Gasteiger partial charge is 0.461 e. The highest BCUT2D eigenvalue weighted by atomic mass is 16.6. The molecule has 2 atom stereocenters. The topological polar surface area (TPSA) is 80.6 Å². The first kappa shape index (κ1) is 19.1. The number of amides is 2. The van der Waals surface area contributed by atoms with Gasteiger partial charge in [-0.3, -0.25) is 4.79 Å². The fraction of sp³-hybridized carbons (Fsp3) is 0.579. The molecule has 0 radical (unpaired) electrons. The van der Waals surface area contributed by atoms with E-state index in [1.807, 2.05) is 32.9 Å². The fourth-order valence-electron chi connectivity index (χ4n) is 2.40. The van der Waals surface area contributed by atoms with Gasteiger partial charge < -0.3 is 19.8 Å². The molecule has 1 fully saturated rings. The summed E-state index contributed by atoms with van der Waals surface area (Å²) in [6.07, 6.45) is 4.49. The molecule has 2 unspecified atom stereocenters. The van der Waals surface area contributed by atoms with Crippen LogP contribution in [0, 0.1) is 5.92 Å². The number of ether oxygens (including phenoxy) is 1. The van der Waals surface area contributed by atoms with E-state index in [1.165, 1.54) is 12.5 Å². The average molecular weight is 348 g/mol. The van der Waals surface area contributed by atoms with Gasteiger partial charge in [-0.1, -0.05) is 6.92 Å². The third-order valence-electron chi connectivity index (χ3n) is 3.84. The molecule has 6 nitrogen and oxygen atoms in total. The normalized spacial score (nSPS) is 19.7. The Labute approximate surface area is 149 Å². The monoisotopic (exact) mass is 348 g/mol. The zero-order chi connectivity index (χ0) is 18.4. The smallest absolute Gasteiger partial charge is 0.407 e. The maximum absolute atomic E-state index is 11.8. The molecular formula is C19H28N2O4. The van der Waals surface area contributed by atoms with Gasteiger partial charge in [-0.25, -0.2) is 4.79 Å². The molecule has 0 spiro atoms. The summed E-state index contributed by atoms with van der Waals surface area (Å²) in [5.41, 5.74) is -0.508. The number of carbonyl (C=O) groups excluding carboxylic acids is 2. The predicted octanol–water partition coefficient (Wildman–Crippen LogP) is 3.45. The lowest BCUT2D eigenvalue weighted by Crippen LogP contribution is -2.34. The van der Waals surface area contributed by atoms with Crippen molar-refractivity contribution in [2.24, 2.45) is 5.92 Å². The first-order chi connectivity index (χ1) is 11.7. The molecule has 2 amide bonds. The molecule has 1 aromatic rings. The van der Waals surface area contributed by atoms with E-state index in [4.69, 9.17) is 9.15 Å². The molecule has 6 heteroatoms. The quantitative estimate of drug-likeness (QED) is 0.584. The Morgan fingerprint density at radius 1 is 1.28 bits per heavy atom. The summed E-state index contributed by atoms with van der Waals surface area (Å²) < 4.78 is 10.8. The Morgan fingerprint density at radius 2 is 1.96 bits per heavy atom. The highest BCUT2D eigenvalue weighted by Gasteiger charge is 2.36. The van der Waals surface area contributed by atoms with E-state index in [1.54, 1.807) is 6.08 Å². The Bertz CT molecular complexity index is 628. The van der Waals surface area contributed by atoms with Crippen LogP contribution in [-0.2, 0) is 9.53 Å². The van der Waals surface area contributed by atoms with Gasteiger partial charge >= 0.3 is 6.09 Å². The van der Waals surface area contributed by atoms with Crippen molar-refractivity contribution in [3.05, 3.63) is 29.7 Å². The Morgan fingerprint density at radius 3 is 2.60 bits per heavy atom. The standard InChI is InChI=1S/C19H28N2O4/c1-13-12-15(13)16-8-6-14(24-16)7-9-17(22)20-10-5-11-21-18(23)25-19(2,3)4/h6-9,13,15H,5,10-12H2,1-4H3,(H,20,22)(H,21,23)/b9-7+. The molecule has 2 N–H and O–H groups in total. The molecule has 138 valence electrons. The van der Waals surface area contributed by atoms with Crippen LogP contribution in [0.3, 0.4) is 0 Å². The van der Waals surface area contributed by atoms with E-state index in [9.17, 15) is 9.59 Å². The predicted molar refractivity (Wildman–Crippen MR) is 96.1 cm³/mol. The highest BCUT2D eigenvalue weighted by molar-refractivity contribution is 5.91. The van der Waals surface area contributed by atoms with Crippen molar-refractivity contribution in [2.45, 2.75) is 52.1 Å². The number of hydrogen-bond donors (Lipinski definition) is 2. The van der Waals surface area contributed by atoms with Gasteiger partial charge in [0.25, 0.3) is 0 Å². The van der Waals surface area contributed by atoms with Gasteiger partial charge in [0.2, 0.25) is 5.91 Å². The summed E-state index contributed by atoms with van der Waals surface area (Å²) in [5, 5.41) is 5.41. The highest BCUT2D eigenvalue weighted by Crippen LogP contribution is 2.47. The second kappa shape index (κ2) is 8.23. The third-order valence-corrected chi connectivity index (χ3v) is 3.84. The molecule has 0 aromatic carbocycles. The van der Waals surface area contributed by atoms with Crippen molar-refractivity contribution >= 4 is 18.1 Å². The first-order valence-electron chi connectivity index (χ1n) is 8.77. The van der Waals surface area contributed by atoms with Gasteiger partial charge in [0.15, 0.2) is 0 Å². The fourth-order valence-corrected chi connectivity index (χ4v) is 2.40. The Kier molecular flexibility index (Phi) is 6.28. The molecule has 1 saturated carbocycles. The lowest BCUT2D eigenvalue weighted by Gasteiger charge is -2.19. The second-order valence-electron chi connectivity index (χ2n) is 7.47. The van der Waals surface area contributed by atoms with Gasteiger partial charge in [-0.15, -0.1) is 0 Å². The van der Waals surface area contributed by atoms with E-state index >= 15 is 0 Å². The minimum Gasteiger partial charge on any atom is -0.461 e. The van der Waals surface area contributed by atoms with Crippen LogP contribution in [0.15, 0.2) is 22.6 Å². The lowest BCUT2D eigenvalue weighted by atomic mass is 10.2. The lowest BCUT2D eigenvalue weighted by molar-refractivity contribution is -0.116. The summed E-state index contributed by atoms with van der Waals surface area (Å²) in [6.45, 7) is 8.56. The van der Waals surface area contributed by atoms with Crippen molar-refractivity contribution in [3.8, 4) is 0 Å². The minimum atomic E-state index is -0.508. The number of alkyl carbamates (subject to hydrolysis) is 1. The Hall–Kier alpha value is -2.24. The average Bonchev–Trinajstić information content (AvgIpc) is 3.05. The van der Waals surface area contributed by atoms with Crippen molar-refractivity contribution < 1.29 is 18.7 Å². The van der Waals surface area contributed by atoms with Gasteiger partial charge in [0, 0.05) is 25.1 Å². The number of carbonyl (C=O) groups is 2. The Balaban J connectivity index is 1.59. The van der Waals surface area contributed by atoms with E-state index in [-0.39, 0.29) is 5.91 Å². The van der Waals surface area contributed by atoms with E-state index in [2.05, 4.69) is 17.6 Å². The van der Waals surface area contributed by atoms with Crippen LogP contribution < -0.4 is 10.6 Å². The maximum Gasteiger partial charge on any atom is 0.407 e. The molecule has 25 heavy (non-hydrogen) atoms. The van der Waals surface area contributed by atoms with Crippen molar-refractivity contribution in [1.29, 1.82) is 0 Å². The molecule has 0 aliphatic heterocycles. The number of hydrogen-bond acceptors (Lipinski definition) is 4. The second-order valence-corrected chi connectivity index (χ2v) is 7.47. The van der Waals surface area contributed by atoms with Crippen LogP contribution in [-0.4, -0.2) is 30.7 Å². The SMILES string of the molecule is CC1CC1c1ccc(/C=C/C(=O)NCCCNC(=O)OC(C)(C)C)o1. The molecule has 0 bridgehead atoms. The minimum absolute atomic E-state index is 0.185. The van der Waals surface area contributed by atoms with Gasteiger partial charge in [0.1, 0.15) is 17.1 Å². The zero-order valence-electron chi connectivity index (χ0n) is 15.4. The number of furan rings is 1. The third kappa shape index (κ3) is 7.03. The molecule has 1 aliphatic rings. The zero-order valence-corrected chi connectivity index (χ0v) is 15.4. The molecule has 1 heterocycles. The van der Waals surface area contributed by atoms with Crippen LogP contribution in [0.5, 0.6) is 0 Å². The van der Waals surface area contributed by atoms with Gasteiger partial charge in [-0.2, -0.15) is 0 Å². The van der Waals surface area contributed by atoms with E-state index in [0.717, 1.165) is 5.76 Å². The van der Waals surface area contributed by atoms with Crippen molar-refractivity contribution in [3.63, 3.8) is 0 Å². The van der Waals surface area contributed by atoms with Crippen LogP contribution >= 0.6 is 0 Å². The van der Waals surface area contributed by atoms with Gasteiger partial charge in [0.05, 0.1) is 0 Å². The van der Waals surface area contributed by atoms with Gasteiger partial charge in [-0.05, 0) is 57.7 Å². The summed E-state index contributed by atoms with van der Waals surface area (Å²) in [6, 6.07) is 3.86. The number of rotatable bonds is 7. The molecule has 1 aliphatic carbocycles. The summed E-state index contributed by atoms with van der Waals surface area (Å²) >= 11 is 0. The van der Waals surface area contributed by atoms with Crippen molar-refractivity contribution in [2.75, 3.05) is 13.1 Å². The molecule has 0 saturated heterocycles. The first-order valence-corrected chi connectivity index (χ1v) is 8.77. The maximum atomic E-state index is 11.8. The van der Waals surface area contributed by atoms with E-state index in [0.29, 0.717) is 37.1 Å². The molecule has 2 rings (SSSR count). The van der Waals surface area contributed by atoms with E-state index < -0.39 is 11.7 Å². The summed E-state index contributed by atoms with van der Waals surface area (Å²) in [4.78, 5) is 23.2. The summed E-state index contributed by atoms with van der Waals surface area (Å²) in [5.74, 6) is 2.74. The van der Waals surface area contributed by atoms with Crippen LogP contribution in [0.25, 0.3) is 6.08 Å². The van der Waals surface area contributed by atoms with Crippen LogP contribution in [0.2, 0.25) is 0 Å². The molecular weight excluding hydrogens is 320 g/mol. The van der Waals surface area contributed by atoms with Crippen LogP contribution in [0.1, 0.15) is 58.0 Å². The number of nitrogens with one attached hydrogen (secondary N) is 2. The van der Waals surface area contributed by atoms with Crippen LogP contribution in [0.4, 0.5) is 4.79 Å². The molecule has 1 aromatic heterocycles. The van der Waals surface area contributed by atoms with Crippen molar-refractivity contribution in [1.82, 2.24) is 10.6 Å².